The van der Waals surface area contributed by atoms with Gasteiger partial charge in [-0.3, -0.25) is 9.36 Å². The molecule has 3 rings (SSSR count). The van der Waals surface area contributed by atoms with Crippen molar-refractivity contribution in [3.63, 3.8) is 0 Å². The fourth-order valence-electron chi connectivity index (χ4n) is 2.54. The van der Waals surface area contributed by atoms with Gasteiger partial charge in [0.2, 0.25) is 0 Å². The highest BCUT2D eigenvalue weighted by Gasteiger charge is 2.28. The molecule has 0 saturated carbocycles. The van der Waals surface area contributed by atoms with Crippen molar-refractivity contribution >= 4 is 17.7 Å². The SMILES string of the molecule is CSc1ncc(C(=O)N2CC[C@@H](O)C2)n1-c1ccccc1. The van der Waals surface area contributed by atoms with Crippen LogP contribution in [0.5, 0.6) is 0 Å². The lowest BCUT2D eigenvalue weighted by Gasteiger charge is -2.17. The Morgan fingerprint density at radius 2 is 2.14 bits per heavy atom. The van der Waals surface area contributed by atoms with Crippen LogP contribution in [0.15, 0.2) is 41.7 Å². The van der Waals surface area contributed by atoms with Gasteiger partial charge in [-0.1, -0.05) is 30.0 Å². The number of thioether (sulfide) groups is 1. The smallest absolute Gasteiger partial charge is 0.272 e. The molecule has 1 atom stereocenters. The summed E-state index contributed by atoms with van der Waals surface area (Å²) in [5.74, 6) is -0.0804. The molecule has 110 valence electrons. The summed E-state index contributed by atoms with van der Waals surface area (Å²) in [5.41, 5.74) is 1.46. The predicted octanol–water partition coefficient (Wildman–Crippen LogP) is 1.80. The van der Waals surface area contributed by atoms with E-state index in [0.717, 1.165) is 10.8 Å². The van der Waals surface area contributed by atoms with Gasteiger partial charge in [-0.25, -0.2) is 4.98 Å². The number of aromatic nitrogens is 2. The summed E-state index contributed by atoms with van der Waals surface area (Å²) < 4.78 is 1.87. The molecule has 1 saturated heterocycles. The molecule has 2 aromatic rings. The maximum absolute atomic E-state index is 12.7. The van der Waals surface area contributed by atoms with Crippen molar-refractivity contribution in [2.45, 2.75) is 17.7 Å². The number of hydrogen-bond donors (Lipinski definition) is 1. The molecule has 1 amide bonds. The molecule has 1 N–H and O–H groups in total. The lowest BCUT2D eigenvalue weighted by molar-refractivity contribution is 0.0756. The van der Waals surface area contributed by atoms with Crippen LogP contribution in [0.1, 0.15) is 16.9 Å². The second-order valence-corrected chi connectivity index (χ2v) is 5.77. The van der Waals surface area contributed by atoms with Crippen LogP contribution >= 0.6 is 11.8 Å². The second kappa shape index (κ2) is 5.91. The van der Waals surface area contributed by atoms with E-state index in [2.05, 4.69) is 4.98 Å². The van der Waals surface area contributed by atoms with Crippen molar-refractivity contribution < 1.29 is 9.90 Å². The summed E-state index contributed by atoms with van der Waals surface area (Å²) >= 11 is 1.50. The molecule has 0 unspecified atom stereocenters. The number of amides is 1. The Balaban J connectivity index is 2.00. The largest absolute Gasteiger partial charge is 0.391 e. The number of nitrogens with zero attached hydrogens (tertiary/aromatic N) is 3. The number of imidazole rings is 1. The molecule has 2 heterocycles. The molecule has 1 fully saturated rings. The van der Waals surface area contributed by atoms with Crippen molar-refractivity contribution in [3.8, 4) is 5.69 Å². The van der Waals surface area contributed by atoms with Gasteiger partial charge in [0, 0.05) is 18.8 Å². The molecule has 1 aliphatic rings. The molecule has 0 radical (unpaired) electrons. The van der Waals surface area contributed by atoms with Crippen molar-refractivity contribution in [3.05, 3.63) is 42.2 Å². The van der Waals surface area contributed by atoms with Gasteiger partial charge >= 0.3 is 0 Å². The van der Waals surface area contributed by atoms with Gasteiger partial charge < -0.3 is 10.0 Å². The number of carbonyl (C=O) groups excluding carboxylic acids is 1. The topological polar surface area (TPSA) is 58.4 Å². The van der Waals surface area contributed by atoms with Crippen LogP contribution in [0.2, 0.25) is 0 Å². The van der Waals surface area contributed by atoms with Crippen LogP contribution in [-0.2, 0) is 0 Å². The van der Waals surface area contributed by atoms with Crippen LogP contribution in [0, 0.1) is 0 Å². The highest BCUT2D eigenvalue weighted by Crippen LogP contribution is 2.23. The fourth-order valence-corrected chi connectivity index (χ4v) is 3.09. The number of carbonyl (C=O) groups is 1. The molecule has 0 aliphatic carbocycles. The zero-order valence-corrected chi connectivity index (χ0v) is 12.6. The first kappa shape index (κ1) is 14.2. The van der Waals surface area contributed by atoms with Gasteiger partial charge in [0.05, 0.1) is 12.3 Å². The number of β-amino-alcohol motifs (C(OH)–C–C–N with tert-alkyl or cyclic N) is 1. The third kappa shape index (κ3) is 2.69. The maximum Gasteiger partial charge on any atom is 0.272 e. The third-order valence-corrected chi connectivity index (χ3v) is 4.25. The van der Waals surface area contributed by atoms with Crippen LogP contribution in [0.25, 0.3) is 5.69 Å². The van der Waals surface area contributed by atoms with E-state index in [1.807, 2.05) is 41.2 Å². The maximum atomic E-state index is 12.7. The van der Waals surface area contributed by atoms with Crippen LogP contribution in [0.4, 0.5) is 0 Å². The average Bonchev–Trinajstić information content (AvgIpc) is 3.13. The Morgan fingerprint density at radius 1 is 1.38 bits per heavy atom. The molecule has 1 aromatic carbocycles. The average molecular weight is 303 g/mol. The molecular formula is C15H17N3O2S. The summed E-state index contributed by atoms with van der Waals surface area (Å²) in [4.78, 5) is 18.7. The quantitative estimate of drug-likeness (QED) is 0.879. The van der Waals surface area contributed by atoms with E-state index in [1.54, 1.807) is 11.1 Å². The number of likely N-dealkylation sites (tertiary alicyclic amines) is 1. The van der Waals surface area contributed by atoms with Gasteiger partial charge in [-0.05, 0) is 24.8 Å². The Labute approximate surface area is 127 Å². The molecule has 1 aromatic heterocycles. The number of para-hydroxylation sites is 1. The minimum absolute atomic E-state index is 0.0804. The van der Waals surface area contributed by atoms with Crippen molar-refractivity contribution in [2.75, 3.05) is 19.3 Å². The van der Waals surface area contributed by atoms with E-state index in [4.69, 9.17) is 0 Å². The first-order valence-corrected chi connectivity index (χ1v) is 8.07. The van der Waals surface area contributed by atoms with Gasteiger partial charge in [-0.15, -0.1) is 0 Å². The first-order valence-electron chi connectivity index (χ1n) is 6.85. The van der Waals surface area contributed by atoms with E-state index in [1.165, 1.54) is 11.8 Å². The summed E-state index contributed by atoms with van der Waals surface area (Å²) in [6.07, 6.45) is 3.78. The first-order chi connectivity index (χ1) is 10.2. The predicted molar refractivity (Wildman–Crippen MR) is 81.9 cm³/mol. The lowest BCUT2D eigenvalue weighted by Crippen LogP contribution is -2.31. The molecule has 5 nitrogen and oxygen atoms in total. The zero-order valence-electron chi connectivity index (χ0n) is 11.8. The van der Waals surface area contributed by atoms with Crippen molar-refractivity contribution in [1.29, 1.82) is 0 Å². The van der Waals surface area contributed by atoms with Gasteiger partial charge in [0.15, 0.2) is 5.16 Å². The van der Waals surface area contributed by atoms with E-state index in [9.17, 15) is 9.90 Å². The van der Waals surface area contributed by atoms with Crippen molar-refractivity contribution in [1.82, 2.24) is 14.5 Å². The van der Waals surface area contributed by atoms with Crippen LogP contribution in [0.3, 0.4) is 0 Å². The Morgan fingerprint density at radius 3 is 2.76 bits per heavy atom. The summed E-state index contributed by atoms with van der Waals surface area (Å²) in [5, 5.41) is 10.4. The number of rotatable bonds is 3. The monoisotopic (exact) mass is 303 g/mol. The second-order valence-electron chi connectivity index (χ2n) is 4.99. The number of benzene rings is 1. The number of hydrogen-bond acceptors (Lipinski definition) is 4. The number of aliphatic hydroxyl groups excluding tert-OH is 1. The standard InChI is InChI=1S/C15H17N3O2S/c1-21-15-16-9-13(14(20)17-8-7-12(19)10-17)18(15)11-5-3-2-4-6-11/h2-6,9,12,19H,7-8,10H2,1H3/t12-/m1/s1. The molecule has 0 spiro atoms. The zero-order chi connectivity index (χ0) is 14.8. The fraction of sp³-hybridized carbons (Fsp3) is 0.333. The molecule has 1 aliphatic heterocycles. The van der Waals surface area contributed by atoms with E-state index in [0.29, 0.717) is 25.2 Å². The lowest BCUT2D eigenvalue weighted by atomic mass is 10.3. The Bertz CT molecular complexity index is 642. The van der Waals surface area contributed by atoms with Crippen LogP contribution in [-0.4, -0.2) is 50.9 Å². The molecular weight excluding hydrogens is 286 g/mol. The molecule has 6 heteroatoms. The van der Waals surface area contributed by atoms with E-state index in [-0.39, 0.29) is 5.91 Å². The highest BCUT2D eigenvalue weighted by molar-refractivity contribution is 7.98. The highest BCUT2D eigenvalue weighted by atomic mass is 32.2. The minimum Gasteiger partial charge on any atom is -0.391 e. The van der Waals surface area contributed by atoms with Crippen molar-refractivity contribution in [2.24, 2.45) is 0 Å². The van der Waals surface area contributed by atoms with E-state index >= 15 is 0 Å². The van der Waals surface area contributed by atoms with Crippen LogP contribution < -0.4 is 0 Å². The summed E-state index contributed by atoms with van der Waals surface area (Å²) in [7, 11) is 0. The summed E-state index contributed by atoms with van der Waals surface area (Å²) in [6.45, 7) is 0.988. The molecule has 0 bridgehead atoms. The Hall–Kier alpha value is -1.79. The van der Waals surface area contributed by atoms with Gasteiger partial charge in [-0.2, -0.15) is 0 Å². The Kier molecular flexibility index (Phi) is 3.98. The minimum atomic E-state index is -0.415. The molecule has 21 heavy (non-hydrogen) atoms. The number of aliphatic hydroxyl groups is 1. The van der Waals surface area contributed by atoms with Gasteiger partial charge in [0.25, 0.3) is 5.91 Å². The van der Waals surface area contributed by atoms with E-state index < -0.39 is 6.10 Å². The summed E-state index contributed by atoms with van der Waals surface area (Å²) in [6, 6.07) is 9.73. The third-order valence-electron chi connectivity index (χ3n) is 3.60. The normalized spacial score (nSPS) is 18.2. The van der Waals surface area contributed by atoms with Gasteiger partial charge in [0.1, 0.15) is 5.69 Å².